The molecule has 1 aliphatic heterocycles. The number of nitrogens with zero attached hydrogens (tertiary/aromatic N) is 1. The highest BCUT2D eigenvalue weighted by Crippen LogP contribution is 2.59. The van der Waals surface area contributed by atoms with Gasteiger partial charge in [0.1, 0.15) is 11.2 Å². The average molecular weight is 316 g/mol. The zero-order valence-corrected chi connectivity index (χ0v) is 11.6. The van der Waals surface area contributed by atoms with Crippen molar-refractivity contribution < 1.29 is 23.5 Å². The number of rotatable bonds is 1. The molecule has 0 saturated carbocycles. The van der Waals surface area contributed by atoms with Gasteiger partial charge in [0.05, 0.1) is 5.56 Å². The molecule has 1 unspecified atom stereocenters. The van der Waals surface area contributed by atoms with Crippen molar-refractivity contribution in [3.8, 4) is 0 Å². The van der Waals surface area contributed by atoms with E-state index in [0.29, 0.717) is 0 Å². The number of aromatic carboxylic acids is 1. The fraction of sp³-hybridized carbons (Fsp3) is 0.188. The number of amides is 1. The van der Waals surface area contributed by atoms with Gasteiger partial charge in [0.2, 0.25) is 5.91 Å². The maximum atomic E-state index is 15.2. The number of alkyl halides is 2. The molecule has 1 spiro atoms. The molecule has 1 atom stereocenters. The van der Waals surface area contributed by atoms with Crippen LogP contribution in [0.15, 0.2) is 36.5 Å². The zero-order chi connectivity index (χ0) is 16.4. The number of benzene rings is 1. The summed E-state index contributed by atoms with van der Waals surface area (Å²) in [5, 5.41) is 11.4. The Morgan fingerprint density at radius 3 is 2.78 bits per heavy atom. The lowest BCUT2D eigenvalue weighted by Crippen LogP contribution is -2.46. The Labute approximate surface area is 129 Å². The van der Waals surface area contributed by atoms with Crippen LogP contribution >= 0.6 is 0 Å². The van der Waals surface area contributed by atoms with E-state index in [0.717, 1.165) is 6.07 Å². The molecule has 0 fully saturated rings. The highest BCUT2D eigenvalue weighted by molar-refractivity contribution is 6.07. The second kappa shape index (κ2) is 4.13. The zero-order valence-electron chi connectivity index (χ0n) is 11.6. The van der Waals surface area contributed by atoms with E-state index in [1.54, 1.807) is 0 Å². The quantitative estimate of drug-likeness (QED) is 0.846. The Morgan fingerprint density at radius 1 is 1.26 bits per heavy atom. The largest absolute Gasteiger partial charge is 0.478 e. The number of pyridine rings is 1. The lowest BCUT2D eigenvalue weighted by Gasteiger charge is -2.29. The standard InChI is InChI=1S/C16H10F2N2O3/c17-16(18)11-6-8(13(21)22)3-4-9(11)7-15(16)10-2-1-5-19-12(10)20-14(15)23/h1-6H,7H2,(H,21,22)(H,19,20,23). The second-order valence-corrected chi connectivity index (χ2v) is 5.69. The van der Waals surface area contributed by atoms with Crippen LogP contribution in [-0.2, 0) is 22.6 Å². The van der Waals surface area contributed by atoms with E-state index >= 15 is 8.78 Å². The summed E-state index contributed by atoms with van der Waals surface area (Å²) in [6, 6.07) is 6.53. The van der Waals surface area contributed by atoms with Crippen molar-refractivity contribution in [3.05, 3.63) is 58.8 Å². The van der Waals surface area contributed by atoms with Gasteiger partial charge in [-0.2, -0.15) is 8.78 Å². The molecule has 0 bridgehead atoms. The van der Waals surface area contributed by atoms with Gasteiger partial charge in [-0.1, -0.05) is 12.1 Å². The van der Waals surface area contributed by atoms with E-state index in [2.05, 4.69) is 10.3 Å². The molecule has 7 heteroatoms. The van der Waals surface area contributed by atoms with Gasteiger partial charge >= 0.3 is 5.97 Å². The minimum atomic E-state index is -3.52. The monoisotopic (exact) mass is 316 g/mol. The summed E-state index contributed by atoms with van der Waals surface area (Å²) in [5.74, 6) is -5.50. The molecule has 5 nitrogen and oxygen atoms in total. The van der Waals surface area contributed by atoms with E-state index in [4.69, 9.17) is 5.11 Å². The Balaban J connectivity index is 1.97. The number of carbonyl (C=O) groups excluding carboxylic acids is 1. The Bertz CT molecular complexity index is 881. The van der Waals surface area contributed by atoms with Crippen LogP contribution in [0.5, 0.6) is 0 Å². The Kier molecular flexibility index (Phi) is 2.48. The number of nitrogens with one attached hydrogen (secondary N) is 1. The summed E-state index contributed by atoms with van der Waals surface area (Å²) in [6.45, 7) is 0. The van der Waals surface area contributed by atoms with Crippen LogP contribution in [0.3, 0.4) is 0 Å². The SMILES string of the molecule is O=C(O)c1ccc2c(c1)C(F)(F)C1(C2)C(=O)Nc2ncccc21. The first-order chi connectivity index (χ1) is 10.9. The van der Waals surface area contributed by atoms with Crippen LogP contribution in [0.1, 0.15) is 27.0 Å². The molecule has 1 aliphatic carbocycles. The van der Waals surface area contributed by atoms with Crippen LogP contribution in [0, 0.1) is 0 Å². The van der Waals surface area contributed by atoms with Gasteiger partial charge in [-0.05, 0) is 30.2 Å². The van der Waals surface area contributed by atoms with E-state index in [9.17, 15) is 9.59 Å². The van der Waals surface area contributed by atoms with Gasteiger partial charge in [0.15, 0.2) is 0 Å². The summed E-state index contributed by atoms with van der Waals surface area (Å²) in [5.41, 5.74) is -2.31. The van der Waals surface area contributed by atoms with Crippen LogP contribution in [0.25, 0.3) is 0 Å². The van der Waals surface area contributed by atoms with Crippen molar-refractivity contribution in [2.24, 2.45) is 0 Å². The molecular weight excluding hydrogens is 306 g/mol. The molecule has 0 radical (unpaired) electrons. The average Bonchev–Trinajstić information content (AvgIpc) is 2.93. The van der Waals surface area contributed by atoms with Crippen molar-refractivity contribution in [3.63, 3.8) is 0 Å². The molecule has 1 aromatic heterocycles. The highest BCUT2D eigenvalue weighted by Gasteiger charge is 2.68. The number of halogens is 2. The number of hydrogen-bond acceptors (Lipinski definition) is 3. The summed E-state index contributed by atoms with van der Waals surface area (Å²) in [4.78, 5) is 27.4. The van der Waals surface area contributed by atoms with Crippen molar-refractivity contribution in [2.45, 2.75) is 17.8 Å². The maximum absolute atomic E-state index is 15.2. The van der Waals surface area contributed by atoms with Crippen molar-refractivity contribution in [1.29, 1.82) is 0 Å². The highest BCUT2D eigenvalue weighted by atomic mass is 19.3. The molecule has 116 valence electrons. The molecular formula is C16H10F2N2O3. The molecule has 1 amide bonds. The second-order valence-electron chi connectivity index (χ2n) is 5.69. The lowest BCUT2D eigenvalue weighted by molar-refractivity contribution is -0.138. The molecule has 1 aromatic carbocycles. The molecule has 2 heterocycles. The van der Waals surface area contributed by atoms with Crippen molar-refractivity contribution in [2.75, 3.05) is 5.32 Å². The molecule has 2 aliphatic rings. The van der Waals surface area contributed by atoms with E-state index in [1.165, 1.54) is 30.5 Å². The van der Waals surface area contributed by atoms with Gasteiger partial charge in [-0.25, -0.2) is 9.78 Å². The maximum Gasteiger partial charge on any atom is 0.335 e. The number of anilines is 1. The van der Waals surface area contributed by atoms with E-state index in [-0.39, 0.29) is 28.9 Å². The fourth-order valence-corrected chi connectivity index (χ4v) is 3.46. The third-order valence-corrected chi connectivity index (χ3v) is 4.57. The molecule has 2 aromatic rings. The van der Waals surface area contributed by atoms with Crippen LogP contribution < -0.4 is 5.32 Å². The van der Waals surface area contributed by atoms with E-state index < -0.39 is 28.8 Å². The molecule has 23 heavy (non-hydrogen) atoms. The van der Waals surface area contributed by atoms with Crippen LogP contribution in [0.4, 0.5) is 14.6 Å². The number of aromatic nitrogens is 1. The summed E-state index contributed by atoms with van der Waals surface area (Å²) >= 11 is 0. The van der Waals surface area contributed by atoms with Crippen molar-refractivity contribution >= 4 is 17.7 Å². The number of fused-ring (bicyclic) bond motifs is 3. The summed E-state index contributed by atoms with van der Waals surface area (Å²) < 4.78 is 30.4. The van der Waals surface area contributed by atoms with Crippen LogP contribution in [-0.4, -0.2) is 22.0 Å². The predicted molar refractivity (Wildman–Crippen MR) is 75.5 cm³/mol. The van der Waals surface area contributed by atoms with Crippen LogP contribution in [0.2, 0.25) is 0 Å². The lowest BCUT2D eigenvalue weighted by atomic mass is 9.76. The Morgan fingerprint density at radius 2 is 2.04 bits per heavy atom. The molecule has 0 saturated heterocycles. The number of carboxylic acid groups (broad SMARTS) is 1. The minimum absolute atomic E-state index is 0.128. The summed E-state index contributed by atoms with van der Waals surface area (Å²) in [6.07, 6.45) is 1.22. The first kappa shape index (κ1) is 13.8. The number of carbonyl (C=O) groups is 2. The topological polar surface area (TPSA) is 79.3 Å². The number of hydrogen-bond donors (Lipinski definition) is 2. The molecule has 2 N–H and O–H groups in total. The third kappa shape index (κ3) is 1.51. The molecule has 4 rings (SSSR count). The van der Waals surface area contributed by atoms with Gasteiger partial charge in [-0.15, -0.1) is 0 Å². The van der Waals surface area contributed by atoms with Gasteiger partial charge in [-0.3, -0.25) is 4.79 Å². The first-order valence-corrected chi connectivity index (χ1v) is 6.89. The van der Waals surface area contributed by atoms with Gasteiger partial charge < -0.3 is 10.4 Å². The van der Waals surface area contributed by atoms with E-state index in [1.807, 2.05) is 0 Å². The fourth-order valence-electron chi connectivity index (χ4n) is 3.46. The Hall–Kier alpha value is -2.83. The predicted octanol–water partition coefficient (Wildman–Crippen LogP) is 2.32. The summed E-state index contributed by atoms with van der Waals surface area (Å²) in [7, 11) is 0. The normalized spacial score (nSPS) is 23.5. The third-order valence-electron chi connectivity index (χ3n) is 4.57. The smallest absolute Gasteiger partial charge is 0.335 e. The minimum Gasteiger partial charge on any atom is -0.478 e. The first-order valence-electron chi connectivity index (χ1n) is 6.89. The van der Waals surface area contributed by atoms with Gasteiger partial charge in [0.25, 0.3) is 5.92 Å². The van der Waals surface area contributed by atoms with Gasteiger partial charge in [0, 0.05) is 17.3 Å². The number of carboxylic acids is 1. The van der Waals surface area contributed by atoms with Crippen molar-refractivity contribution in [1.82, 2.24) is 4.98 Å².